The van der Waals surface area contributed by atoms with Gasteiger partial charge in [-0.1, -0.05) is 5.16 Å². The molecule has 0 radical (unpaired) electrons. The second-order valence-corrected chi connectivity index (χ2v) is 5.36. The summed E-state index contributed by atoms with van der Waals surface area (Å²) in [5, 5.41) is 6.27. The first-order valence-electron chi connectivity index (χ1n) is 7.09. The molecule has 0 aliphatic carbocycles. The smallest absolute Gasteiger partial charge is 0.280 e. The molecule has 3 heterocycles. The summed E-state index contributed by atoms with van der Waals surface area (Å²) < 4.78 is 10.2. The van der Waals surface area contributed by atoms with E-state index < -0.39 is 0 Å². The van der Waals surface area contributed by atoms with Crippen molar-refractivity contribution in [2.24, 2.45) is 0 Å². The lowest BCUT2D eigenvalue weighted by Gasteiger charge is -2.31. The van der Waals surface area contributed by atoms with E-state index >= 15 is 0 Å². The van der Waals surface area contributed by atoms with E-state index in [0.29, 0.717) is 30.3 Å². The number of hydrogen-bond acceptors (Lipinski definition) is 7. The summed E-state index contributed by atoms with van der Waals surface area (Å²) in [7, 11) is 2.13. The molecule has 0 atom stereocenters. The molecule has 0 unspecified atom stereocenters. The first-order chi connectivity index (χ1) is 10.2. The third-order valence-electron chi connectivity index (χ3n) is 3.63. The molecule has 0 amide bonds. The topological polar surface area (TPSA) is 91.4 Å². The van der Waals surface area contributed by atoms with E-state index in [9.17, 15) is 4.79 Å². The van der Waals surface area contributed by atoms with Crippen molar-refractivity contribution < 1.29 is 9.05 Å². The summed E-state index contributed by atoms with van der Waals surface area (Å²) in [6, 6.07) is 1.43. The van der Waals surface area contributed by atoms with E-state index in [1.807, 2.05) is 0 Å². The van der Waals surface area contributed by atoms with Crippen molar-refractivity contribution in [3.05, 3.63) is 33.9 Å². The molecule has 1 fully saturated rings. The third-order valence-corrected chi connectivity index (χ3v) is 3.63. The fraction of sp³-hybridized carbons (Fsp3) is 0.615. The molecule has 0 saturated carbocycles. The molecule has 0 aromatic carbocycles. The van der Waals surface area contributed by atoms with E-state index in [1.54, 1.807) is 0 Å². The number of aromatic amines is 1. The number of H-pyrrole nitrogens is 1. The van der Waals surface area contributed by atoms with Crippen molar-refractivity contribution in [1.29, 1.82) is 0 Å². The zero-order chi connectivity index (χ0) is 14.7. The van der Waals surface area contributed by atoms with Gasteiger partial charge in [0.15, 0.2) is 5.82 Å². The Kier molecular flexibility index (Phi) is 4.16. The molecule has 8 nitrogen and oxygen atoms in total. The molecule has 1 aliphatic heterocycles. The van der Waals surface area contributed by atoms with Crippen LogP contribution in [0.1, 0.15) is 17.5 Å². The maximum atomic E-state index is 10.9. The van der Waals surface area contributed by atoms with Gasteiger partial charge in [-0.05, 0) is 7.05 Å². The van der Waals surface area contributed by atoms with Crippen molar-refractivity contribution in [2.45, 2.75) is 19.4 Å². The Morgan fingerprint density at radius 2 is 2.10 bits per heavy atom. The Morgan fingerprint density at radius 1 is 1.29 bits per heavy atom. The minimum atomic E-state index is -0.230. The Labute approximate surface area is 121 Å². The minimum absolute atomic E-state index is 0.230. The lowest BCUT2D eigenvalue weighted by molar-refractivity contribution is 0.144. The van der Waals surface area contributed by atoms with Crippen LogP contribution in [0, 0.1) is 0 Å². The maximum absolute atomic E-state index is 10.9. The molecule has 2 aromatic heterocycles. The van der Waals surface area contributed by atoms with Crippen LogP contribution in [0.15, 0.2) is 19.9 Å². The Balaban J connectivity index is 1.50. The van der Waals surface area contributed by atoms with Gasteiger partial charge in [0.25, 0.3) is 5.56 Å². The Hall–Kier alpha value is -1.93. The summed E-state index contributed by atoms with van der Waals surface area (Å²) in [6.07, 6.45) is 1.13. The van der Waals surface area contributed by atoms with Gasteiger partial charge in [0.1, 0.15) is 5.76 Å². The van der Waals surface area contributed by atoms with E-state index in [-0.39, 0.29) is 5.56 Å². The summed E-state index contributed by atoms with van der Waals surface area (Å²) in [5.74, 6) is 1.88. The van der Waals surface area contributed by atoms with Gasteiger partial charge >= 0.3 is 0 Å². The van der Waals surface area contributed by atoms with Crippen LogP contribution in [-0.4, -0.2) is 58.3 Å². The van der Waals surface area contributed by atoms with Crippen molar-refractivity contribution in [3.63, 3.8) is 0 Å². The average Bonchev–Trinajstić information content (AvgIpc) is 3.08. The van der Waals surface area contributed by atoms with E-state index in [0.717, 1.165) is 32.7 Å². The zero-order valence-corrected chi connectivity index (χ0v) is 12.0. The highest BCUT2D eigenvalue weighted by Crippen LogP contribution is 2.07. The fourth-order valence-corrected chi connectivity index (χ4v) is 2.34. The monoisotopic (exact) mass is 293 g/mol. The SMILES string of the molecule is CN1CCN(Cc2noc(CCc3cc(=O)[nH]o3)n2)CC1. The van der Waals surface area contributed by atoms with Gasteiger partial charge in [0, 0.05) is 45.1 Å². The number of aryl methyl sites for hydroxylation is 2. The molecule has 0 bridgehead atoms. The van der Waals surface area contributed by atoms with Crippen LogP contribution in [0.5, 0.6) is 0 Å². The summed E-state index contributed by atoms with van der Waals surface area (Å²) in [6.45, 7) is 4.90. The van der Waals surface area contributed by atoms with Gasteiger partial charge in [-0.15, -0.1) is 0 Å². The average molecular weight is 293 g/mol. The summed E-state index contributed by atoms with van der Waals surface area (Å²) in [5.41, 5.74) is -0.230. The Morgan fingerprint density at radius 3 is 2.81 bits per heavy atom. The van der Waals surface area contributed by atoms with Crippen molar-refractivity contribution in [1.82, 2.24) is 25.1 Å². The highest BCUT2D eigenvalue weighted by atomic mass is 16.5. The summed E-state index contributed by atoms with van der Waals surface area (Å²) in [4.78, 5) is 20.0. The number of likely N-dealkylation sites (N-methyl/N-ethyl adjacent to an activating group) is 1. The van der Waals surface area contributed by atoms with Crippen LogP contribution in [0.25, 0.3) is 0 Å². The zero-order valence-electron chi connectivity index (χ0n) is 12.0. The standard InChI is InChI=1S/C13H19N5O3/c1-17-4-6-18(7-5-17)9-11-14-13(21-15-11)3-2-10-8-12(19)16-20-10/h8H,2-7,9H2,1H3,(H,16,19). The van der Waals surface area contributed by atoms with Crippen LogP contribution in [0.2, 0.25) is 0 Å². The second kappa shape index (κ2) is 6.23. The number of aromatic nitrogens is 3. The maximum Gasteiger partial charge on any atom is 0.280 e. The van der Waals surface area contributed by atoms with E-state index in [4.69, 9.17) is 9.05 Å². The number of nitrogens with zero attached hydrogens (tertiary/aromatic N) is 4. The molecule has 21 heavy (non-hydrogen) atoms. The molecule has 2 aromatic rings. The quantitative estimate of drug-likeness (QED) is 0.822. The predicted octanol–water partition coefficient (Wildman–Crippen LogP) is -0.116. The van der Waals surface area contributed by atoms with Gasteiger partial charge < -0.3 is 13.9 Å². The van der Waals surface area contributed by atoms with Crippen molar-refractivity contribution >= 4 is 0 Å². The van der Waals surface area contributed by atoms with E-state index in [1.165, 1.54) is 6.07 Å². The predicted molar refractivity (Wildman–Crippen MR) is 73.8 cm³/mol. The highest BCUT2D eigenvalue weighted by molar-refractivity contribution is 4.97. The highest BCUT2D eigenvalue weighted by Gasteiger charge is 2.16. The van der Waals surface area contributed by atoms with Crippen LogP contribution >= 0.6 is 0 Å². The molecular formula is C13H19N5O3. The van der Waals surface area contributed by atoms with Gasteiger partial charge in [-0.2, -0.15) is 10.1 Å². The lowest BCUT2D eigenvalue weighted by Crippen LogP contribution is -2.44. The van der Waals surface area contributed by atoms with Gasteiger partial charge in [-0.3, -0.25) is 9.69 Å². The van der Waals surface area contributed by atoms with Crippen molar-refractivity contribution in [3.8, 4) is 0 Å². The number of hydrogen-bond donors (Lipinski definition) is 1. The van der Waals surface area contributed by atoms with Crippen LogP contribution in [-0.2, 0) is 19.4 Å². The van der Waals surface area contributed by atoms with Gasteiger partial charge in [0.2, 0.25) is 5.89 Å². The van der Waals surface area contributed by atoms with Crippen LogP contribution in [0.3, 0.4) is 0 Å². The second-order valence-electron chi connectivity index (χ2n) is 5.36. The van der Waals surface area contributed by atoms with Crippen molar-refractivity contribution in [2.75, 3.05) is 33.2 Å². The molecule has 8 heteroatoms. The third kappa shape index (κ3) is 3.79. The molecule has 3 rings (SSSR count). The lowest BCUT2D eigenvalue weighted by atomic mass is 10.2. The minimum Gasteiger partial charge on any atom is -0.384 e. The van der Waals surface area contributed by atoms with Gasteiger partial charge in [-0.25, -0.2) is 0 Å². The molecular weight excluding hydrogens is 274 g/mol. The van der Waals surface area contributed by atoms with Crippen LogP contribution < -0.4 is 5.56 Å². The number of piperazine rings is 1. The summed E-state index contributed by atoms with van der Waals surface area (Å²) >= 11 is 0. The fourth-order valence-electron chi connectivity index (χ4n) is 2.34. The first kappa shape index (κ1) is 14.0. The van der Waals surface area contributed by atoms with Gasteiger partial charge in [0.05, 0.1) is 6.54 Å². The number of rotatable bonds is 5. The first-order valence-corrected chi connectivity index (χ1v) is 7.09. The normalized spacial score (nSPS) is 17.4. The molecule has 114 valence electrons. The Bertz CT molecular complexity index is 624. The molecule has 1 saturated heterocycles. The largest absolute Gasteiger partial charge is 0.384 e. The van der Waals surface area contributed by atoms with Crippen LogP contribution in [0.4, 0.5) is 0 Å². The molecule has 1 aliphatic rings. The van der Waals surface area contributed by atoms with E-state index in [2.05, 4.69) is 32.1 Å². The molecule has 0 spiro atoms. The number of nitrogens with one attached hydrogen (secondary N) is 1. The molecule has 1 N–H and O–H groups in total.